The van der Waals surface area contributed by atoms with E-state index in [-0.39, 0.29) is 0 Å². The van der Waals surface area contributed by atoms with E-state index in [9.17, 15) is 9.59 Å². The van der Waals surface area contributed by atoms with Crippen LogP contribution in [0.2, 0.25) is 0 Å². The summed E-state index contributed by atoms with van der Waals surface area (Å²) in [5, 5.41) is 6.90. The number of aromatic nitrogens is 1. The molecule has 1 aromatic carbocycles. The minimum atomic E-state index is -0.907. The predicted octanol–water partition coefficient (Wildman–Crippen LogP) is 4.93. The van der Waals surface area contributed by atoms with E-state index >= 15 is 0 Å². The predicted molar refractivity (Wildman–Crippen MR) is 109 cm³/mol. The van der Waals surface area contributed by atoms with Gasteiger partial charge < -0.3 is 4.74 Å². The quantitative estimate of drug-likeness (QED) is 0.596. The lowest BCUT2D eigenvalue weighted by molar-refractivity contribution is -0.123. The maximum atomic E-state index is 12.3. The highest BCUT2D eigenvalue weighted by molar-refractivity contribution is 7.14. The molecule has 0 aliphatic carbocycles. The lowest BCUT2D eigenvalue weighted by Gasteiger charge is -2.12. The van der Waals surface area contributed by atoms with Gasteiger partial charge >= 0.3 is 5.97 Å². The first kappa shape index (κ1) is 19.3. The van der Waals surface area contributed by atoms with Crippen LogP contribution < -0.4 is 5.32 Å². The third-order valence-electron chi connectivity index (χ3n) is 4.09. The Morgan fingerprint density at radius 3 is 2.56 bits per heavy atom. The smallest absolute Gasteiger partial charge is 0.349 e. The summed E-state index contributed by atoms with van der Waals surface area (Å²) in [5.74, 6) is -0.888. The second kappa shape index (κ2) is 8.45. The largest absolute Gasteiger partial charge is 0.448 e. The maximum absolute atomic E-state index is 12.3. The van der Waals surface area contributed by atoms with Gasteiger partial charge in [0.1, 0.15) is 4.88 Å². The Morgan fingerprint density at radius 1 is 1.19 bits per heavy atom. The van der Waals surface area contributed by atoms with Crippen LogP contribution in [0, 0.1) is 6.92 Å². The zero-order chi connectivity index (χ0) is 19.4. The molecule has 0 aliphatic rings. The van der Waals surface area contributed by atoms with Gasteiger partial charge in [0.2, 0.25) is 0 Å². The molecule has 0 fully saturated rings. The van der Waals surface area contributed by atoms with E-state index in [2.05, 4.69) is 29.4 Å². The van der Waals surface area contributed by atoms with Crippen LogP contribution in [-0.2, 0) is 16.0 Å². The summed E-state index contributed by atoms with van der Waals surface area (Å²) in [6.45, 7) is 5.50. The van der Waals surface area contributed by atoms with Crippen LogP contribution in [0.4, 0.5) is 5.13 Å². The van der Waals surface area contributed by atoms with Gasteiger partial charge in [-0.05, 0) is 42.8 Å². The van der Waals surface area contributed by atoms with Crippen molar-refractivity contribution in [1.29, 1.82) is 0 Å². The van der Waals surface area contributed by atoms with E-state index < -0.39 is 18.0 Å². The third-order valence-corrected chi connectivity index (χ3v) is 5.85. The van der Waals surface area contributed by atoms with Crippen LogP contribution in [0.15, 0.2) is 41.1 Å². The molecule has 7 heteroatoms. The van der Waals surface area contributed by atoms with Gasteiger partial charge in [0.15, 0.2) is 11.2 Å². The van der Waals surface area contributed by atoms with Crippen molar-refractivity contribution in [3.05, 3.63) is 57.1 Å². The zero-order valence-corrected chi connectivity index (χ0v) is 16.9. The van der Waals surface area contributed by atoms with Crippen LogP contribution in [0.5, 0.6) is 0 Å². The van der Waals surface area contributed by atoms with Crippen molar-refractivity contribution in [2.45, 2.75) is 33.3 Å². The van der Waals surface area contributed by atoms with Crippen molar-refractivity contribution in [3.8, 4) is 11.3 Å². The lowest BCUT2D eigenvalue weighted by Crippen LogP contribution is -2.29. The van der Waals surface area contributed by atoms with Gasteiger partial charge in [0.25, 0.3) is 5.91 Å². The molecular formula is C20H20N2O3S2. The van der Waals surface area contributed by atoms with Crippen LogP contribution >= 0.6 is 22.7 Å². The van der Waals surface area contributed by atoms with Crippen LogP contribution in [-0.4, -0.2) is 23.0 Å². The van der Waals surface area contributed by atoms with Crippen LogP contribution in [0.1, 0.15) is 34.6 Å². The van der Waals surface area contributed by atoms with Crippen molar-refractivity contribution >= 4 is 39.7 Å². The molecule has 3 aromatic rings. The van der Waals surface area contributed by atoms with Crippen molar-refractivity contribution in [2.24, 2.45) is 0 Å². The molecule has 0 radical (unpaired) electrons. The summed E-state index contributed by atoms with van der Waals surface area (Å²) >= 11 is 2.64. The highest BCUT2D eigenvalue weighted by atomic mass is 32.1. The number of carbonyl (C=O) groups is 2. The minimum Gasteiger partial charge on any atom is -0.448 e. The molecule has 3 rings (SSSR count). The molecule has 0 aliphatic heterocycles. The normalized spacial score (nSPS) is 11.8. The van der Waals surface area contributed by atoms with Gasteiger partial charge in [0.05, 0.1) is 5.69 Å². The van der Waals surface area contributed by atoms with Gasteiger partial charge in [-0.15, -0.1) is 22.7 Å². The minimum absolute atomic E-state index is 0.403. The molecule has 1 amide bonds. The summed E-state index contributed by atoms with van der Waals surface area (Å²) in [7, 11) is 0. The second-order valence-corrected chi connectivity index (χ2v) is 7.83. The molecule has 0 spiro atoms. The van der Waals surface area contributed by atoms with Gasteiger partial charge in [-0.2, -0.15) is 0 Å². The number of benzene rings is 1. The highest BCUT2D eigenvalue weighted by Crippen LogP contribution is 2.25. The zero-order valence-electron chi connectivity index (χ0n) is 15.3. The van der Waals surface area contributed by atoms with E-state index in [1.54, 1.807) is 6.92 Å². The molecule has 2 aromatic heterocycles. The average Bonchev–Trinajstić information content (AvgIpc) is 3.30. The number of hydrogen-bond acceptors (Lipinski definition) is 6. The van der Waals surface area contributed by atoms with Gasteiger partial charge in [-0.25, -0.2) is 9.78 Å². The Hall–Kier alpha value is -2.51. The third kappa shape index (κ3) is 4.61. The number of carbonyl (C=O) groups excluding carboxylic acids is 2. The molecule has 0 saturated heterocycles. The first-order valence-electron chi connectivity index (χ1n) is 8.58. The Morgan fingerprint density at radius 2 is 1.93 bits per heavy atom. The molecule has 27 heavy (non-hydrogen) atoms. The number of rotatable bonds is 6. The molecule has 140 valence electrons. The van der Waals surface area contributed by atoms with E-state index in [1.165, 1.54) is 28.2 Å². The Labute approximate surface area is 166 Å². The number of anilines is 1. The molecule has 0 saturated carbocycles. The van der Waals surface area contributed by atoms with Gasteiger partial charge in [-0.3, -0.25) is 10.1 Å². The summed E-state index contributed by atoms with van der Waals surface area (Å²) < 4.78 is 5.26. The van der Waals surface area contributed by atoms with Crippen molar-refractivity contribution in [2.75, 3.05) is 5.32 Å². The van der Waals surface area contributed by atoms with Crippen LogP contribution in [0.3, 0.4) is 0 Å². The maximum Gasteiger partial charge on any atom is 0.349 e. The van der Waals surface area contributed by atoms with E-state index in [0.717, 1.165) is 23.2 Å². The van der Waals surface area contributed by atoms with Crippen LogP contribution in [0.25, 0.3) is 11.3 Å². The standard InChI is InChI=1S/C20H20N2O3S2/c1-4-14-5-7-15(8-6-14)16-11-27-20(21-16)22-18(23)13(3)25-19(24)17-12(2)9-10-26-17/h5-11,13H,4H2,1-3H3,(H,21,22,23)/t13-/m0/s1. The second-order valence-electron chi connectivity index (χ2n) is 6.06. The fraction of sp³-hybridized carbons (Fsp3) is 0.250. The number of ether oxygens (including phenoxy) is 1. The fourth-order valence-corrected chi connectivity index (χ4v) is 3.96. The highest BCUT2D eigenvalue weighted by Gasteiger charge is 2.21. The molecule has 1 atom stereocenters. The molecule has 1 N–H and O–H groups in total. The molecule has 2 heterocycles. The number of thiophene rings is 1. The number of thiazole rings is 1. The molecule has 0 unspecified atom stereocenters. The Bertz CT molecular complexity index is 944. The SMILES string of the molecule is CCc1ccc(-c2csc(NC(=O)[C@H](C)OC(=O)c3sccc3C)n2)cc1. The number of aryl methyl sites for hydroxylation is 2. The lowest BCUT2D eigenvalue weighted by atomic mass is 10.1. The molecular weight excluding hydrogens is 380 g/mol. The van der Waals surface area contributed by atoms with Crippen molar-refractivity contribution in [1.82, 2.24) is 4.98 Å². The number of nitrogens with one attached hydrogen (secondary N) is 1. The van der Waals surface area contributed by atoms with E-state index in [0.29, 0.717) is 10.0 Å². The molecule has 0 bridgehead atoms. The number of amides is 1. The van der Waals surface area contributed by atoms with E-state index in [1.807, 2.05) is 35.9 Å². The number of hydrogen-bond donors (Lipinski definition) is 1. The summed E-state index contributed by atoms with van der Waals surface area (Å²) in [6.07, 6.45) is 0.0791. The Balaban J connectivity index is 1.61. The molecule has 5 nitrogen and oxygen atoms in total. The van der Waals surface area contributed by atoms with Gasteiger partial charge in [-0.1, -0.05) is 31.2 Å². The summed E-state index contributed by atoms with van der Waals surface area (Å²) in [4.78, 5) is 29.4. The topological polar surface area (TPSA) is 68.3 Å². The summed E-state index contributed by atoms with van der Waals surface area (Å²) in [5.41, 5.74) is 3.91. The fourth-order valence-electron chi connectivity index (χ4n) is 2.43. The number of nitrogens with zero attached hydrogens (tertiary/aromatic N) is 1. The summed E-state index contributed by atoms with van der Waals surface area (Å²) in [6, 6.07) is 10.0. The Kier molecular flexibility index (Phi) is 6.03. The average molecular weight is 401 g/mol. The van der Waals surface area contributed by atoms with Gasteiger partial charge in [0, 0.05) is 10.9 Å². The number of esters is 1. The monoisotopic (exact) mass is 400 g/mol. The van der Waals surface area contributed by atoms with E-state index in [4.69, 9.17) is 4.74 Å². The van der Waals surface area contributed by atoms with Crippen molar-refractivity contribution < 1.29 is 14.3 Å². The van der Waals surface area contributed by atoms with Crippen molar-refractivity contribution in [3.63, 3.8) is 0 Å². The first-order chi connectivity index (χ1) is 13.0. The first-order valence-corrected chi connectivity index (χ1v) is 10.3.